The molecule has 3 heterocycles. The molecule has 2 aromatic rings. The highest BCUT2D eigenvalue weighted by Crippen LogP contribution is 2.39. The number of carbonyl (C=O) groups excluding carboxylic acids is 4. The van der Waals surface area contributed by atoms with E-state index in [9.17, 15) is 24.4 Å². The summed E-state index contributed by atoms with van der Waals surface area (Å²) in [5.41, 5.74) is 1.44. The lowest BCUT2D eigenvalue weighted by Crippen LogP contribution is -2.58. The van der Waals surface area contributed by atoms with E-state index in [1.165, 1.54) is 0 Å². The number of halogens is 1. The molecule has 4 fully saturated rings. The molecule has 1 aliphatic carbocycles. The lowest BCUT2D eigenvalue weighted by molar-refractivity contribution is -0.133. The van der Waals surface area contributed by atoms with Crippen molar-refractivity contribution in [2.24, 2.45) is 0 Å². The zero-order chi connectivity index (χ0) is 38.7. The lowest BCUT2D eigenvalue weighted by atomic mass is 9.89. The van der Waals surface area contributed by atoms with Gasteiger partial charge < -0.3 is 20.3 Å². The van der Waals surface area contributed by atoms with Crippen molar-refractivity contribution in [1.29, 1.82) is 5.26 Å². The molecular formula is C39H49ClN8O5S. The average Bonchev–Trinajstić information content (AvgIpc) is 3.30. The van der Waals surface area contributed by atoms with Gasteiger partial charge in [0.25, 0.3) is 5.91 Å². The molecule has 288 valence electrons. The molecule has 3 N–H and O–H groups in total. The molecule has 15 heteroatoms. The predicted octanol–water partition coefficient (Wildman–Crippen LogP) is 4.50. The summed E-state index contributed by atoms with van der Waals surface area (Å²) in [4.78, 5) is 58.6. The van der Waals surface area contributed by atoms with Crippen molar-refractivity contribution < 1.29 is 23.9 Å². The first-order chi connectivity index (χ1) is 25.7. The third-order valence-corrected chi connectivity index (χ3v) is 11.7. The molecule has 1 unspecified atom stereocenters. The van der Waals surface area contributed by atoms with Crippen molar-refractivity contribution in [3.8, 4) is 6.07 Å². The number of carbonyl (C=O) groups is 4. The summed E-state index contributed by atoms with van der Waals surface area (Å²) in [5, 5.41) is 18.5. The molecule has 0 bridgehead atoms. The summed E-state index contributed by atoms with van der Waals surface area (Å²) in [6.07, 6.45) is 4.33. The Bertz CT molecular complexity index is 1820. The molecule has 3 atom stereocenters. The number of benzene rings is 2. The Morgan fingerprint density at radius 2 is 1.74 bits per heavy atom. The van der Waals surface area contributed by atoms with Crippen molar-refractivity contribution in [1.82, 2.24) is 20.0 Å². The van der Waals surface area contributed by atoms with Crippen LogP contribution in [0.3, 0.4) is 0 Å². The van der Waals surface area contributed by atoms with Crippen LogP contribution in [0.15, 0.2) is 42.5 Å². The van der Waals surface area contributed by atoms with E-state index < -0.39 is 11.6 Å². The quantitative estimate of drug-likeness (QED) is 0.219. The summed E-state index contributed by atoms with van der Waals surface area (Å²) in [7, 11) is 0. The van der Waals surface area contributed by atoms with Crippen LogP contribution < -0.4 is 20.9 Å². The summed E-state index contributed by atoms with van der Waals surface area (Å²) in [5.74, 6) is -0.816. The summed E-state index contributed by atoms with van der Waals surface area (Å²) in [6, 6.07) is 14.2. The Hall–Kier alpha value is -4.13. The van der Waals surface area contributed by atoms with E-state index >= 15 is 0 Å². The van der Waals surface area contributed by atoms with E-state index in [1.54, 1.807) is 29.2 Å². The fraction of sp³-hybridized carbons (Fsp3) is 0.538. The zero-order valence-corrected chi connectivity index (χ0v) is 32.8. The second-order valence-corrected chi connectivity index (χ2v) is 16.1. The Morgan fingerprint density at radius 1 is 1.04 bits per heavy atom. The standard InChI is InChI=1S/C39H49ClN8O5S/c1-24-21-45(22-25(2)46(24)23-35(50)43-28-7-5-6-27(18-28)42-33-14-15-34(49)44-36(33)51)16-17-53-31-12-10-29(11-13-31)48-38(54)47(37(52)39(48,3)4)30-9-8-26(20-41)32(40)19-30/h5-9,18-19,24-25,29,31,33,42H,10-17,21-23H2,1-4H3,(H,43,50)(H,44,49,51)/t24-,25+,29?,31?,33?. The van der Waals surface area contributed by atoms with Crippen LogP contribution in [0.25, 0.3) is 0 Å². The highest BCUT2D eigenvalue weighted by atomic mass is 35.5. The molecule has 0 spiro atoms. The Labute approximate surface area is 327 Å². The summed E-state index contributed by atoms with van der Waals surface area (Å²) < 4.78 is 6.39. The van der Waals surface area contributed by atoms with Crippen LogP contribution in [0.2, 0.25) is 5.02 Å². The predicted molar refractivity (Wildman–Crippen MR) is 211 cm³/mol. The van der Waals surface area contributed by atoms with E-state index in [-0.39, 0.29) is 65.8 Å². The number of thiocarbonyl (C=S) groups is 1. The molecule has 6 rings (SSSR count). The molecule has 4 amide bonds. The number of amides is 4. The first kappa shape index (κ1) is 39.6. The number of hydrogen-bond acceptors (Lipinski definition) is 10. The average molecular weight is 777 g/mol. The fourth-order valence-electron chi connectivity index (χ4n) is 8.25. The maximum Gasteiger partial charge on any atom is 0.258 e. The van der Waals surface area contributed by atoms with E-state index in [2.05, 4.69) is 50.6 Å². The number of imide groups is 1. The molecule has 1 saturated carbocycles. The minimum atomic E-state index is -0.812. The maximum absolute atomic E-state index is 13.6. The van der Waals surface area contributed by atoms with Gasteiger partial charge in [-0.3, -0.25) is 39.2 Å². The Balaban J connectivity index is 0.927. The first-order valence-corrected chi connectivity index (χ1v) is 19.5. The highest BCUT2D eigenvalue weighted by molar-refractivity contribution is 7.80. The summed E-state index contributed by atoms with van der Waals surface area (Å²) in [6.45, 7) is 11.5. The molecule has 0 aromatic heterocycles. The van der Waals surface area contributed by atoms with Gasteiger partial charge in [-0.2, -0.15) is 5.26 Å². The van der Waals surface area contributed by atoms with Crippen LogP contribution in [0, 0.1) is 11.3 Å². The normalized spacial score (nSPS) is 26.4. The van der Waals surface area contributed by atoms with Crippen LogP contribution in [0.5, 0.6) is 0 Å². The smallest absolute Gasteiger partial charge is 0.258 e. The monoisotopic (exact) mass is 776 g/mol. The van der Waals surface area contributed by atoms with Crippen molar-refractivity contribution >= 4 is 69.6 Å². The molecule has 3 saturated heterocycles. The number of rotatable bonds is 11. The van der Waals surface area contributed by atoms with Gasteiger partial charge in [0, 0.05) is 55.6 Å². The zero-order valence-electron chi connectivity index (χ0n) is 31.3. The van der Waals surface area contributed by atoms with Gasteiger partial charge in [0.15, 0.2) is 5.11 Å². The van der Waals surface area contributed by atoms with E-state index in [0.717, 1.165) is 45.3 Å². The van der Waals surface area contributed by atoms with Crippen LogP contribution in [0.1, 0.15) is 71.8 Å². The van der Waals surface area contributed by atoms with Crippen molar-refractivity contribution in [3.05, 3.63) is 53.1 Å². The minimum absolute atomic E-state index is 0.104. The fourth-order valence-corrected chi connectivity index (χ4v) is 9.03. The maximum atomic E-state index is 13.6. The van der Waals surface area contributed by atoms with E-state index in [1.807, 2.05) is 32.0 Å². The van der Waals surface area contributed by atoms with Crippen LogP contribution >= 0.6 is 23.8 Å². The number of ether oxygens (including phenoxy) is 1. The first-order valence-electron chi connectivity index (χ1n) is 18.7. The molecule has 3 aliphatic heterocycles. The van der Waals surface area contributed by atoms with Gasteiger partial charge in [-0.05, 0) is 108 Å². The Morgan fingerprint density at radius 3 is 2.41 bits per heavy atom. The van der Waals surface area contributed by atoms with Gasteiger partial charge in [-0.1, -0.05) is 17.7 Å². The molecule has 13 nitrogen and oxygen atoms in total. The molecule has 0 radical (unpaired) electrons. The molecule has 54 heavy (non-hydrogen) atoms. The number of anilines is 3. The number of piperazine rings is 1. The van der Waals surface area contributed by atoms with Gasteiger partial charge in [-0.15, -0.1) is 0 Å². The topological polar surface area (TPSA) is 150 Å². The van der Waals surface area contributed by atoms with Crippen molar-refractivity contribution in [2.75, 3.05) is 48.3 Å². The van der Waals surface area contributed by atoms with E-state index in [4.69, 9.17) is 28.6 Å². The van der Waals surface area contributed by atoms with Crippen LogP contribution in [-0.2, 0) is 23.9 Å². The van der Waals surface area contributed by atoms with Crippen molar-refractivity contribution in [2.45, 2.75) is 102 Å². The highest BCUT2D eigenvalue weighted by Gasteiger charge is 2.52. The van der Waals surface area contributed by atoms with Gasteiger partial charge in [0.1, 0.15) is 17.6 Å². The lowest BCUT2D eigenvalue weighted by Gasteiger charge is -2.44. The van der Waals surface area contributed by atoms with Gasteiger partial charge in [-0.25, -0.2) is 0 Å². The van der Waals surface area contributed by atoms with Gasteiger partial charge in [0.2, 0.25) is 17.7 Å². The number of piperidine rings is 1. The number of nitrogens with zero attached hydrogens (tertiary/aromatic N) is 5. The molecular weight excluding hydrogens is 728 g/mol. The van der Waals surface area contributed by atoms with Gasteiger partial charge >= 0.3 is 0 Å². The molecule has 2 aromatic carbocycles. The van der Waals surface area contributed by atoms with E-state index in [0.29, 0.717) is 40.8 Å². The van der Waals surface area contributed by atoms with Crippen LogP contribution in [0.4, 0.5) is 17.1 Å². The number of hydrogen-bond donors (Lipinski definition) is 3. The van der Waals surface area contributed by atoms with Gasteiger partial charge in [0.05, 0.1) is 35.5 Å². The number of nitrogens with one attached hydrogen (secondary N) is 3. The largest absolute Gasteiger partial charge is 0.377 e. The van der Waals surface area contributed by atoms with Crippen molar-refractivity contribution in [3.63, 3.8) is 0 Å². The minimum Gasteiger partial charge on any atom is -0.377 e. The second kappa shape index (κ2) is 16.7. The number of nitriles is 1. The third-order valence-electron chi connectivity index (χ3n) is 11.1. The SMILES string of the molecule is C[C@@H]1CN(CCOC2CCC(N3C(=S)N(c4ccc(C#N)c(Cl)c4)C(=O)C3(C)C)CC2)C[C@H](C)N1CC(=O)Nc1cccc(NC2CCC(=O)NC2=O)c1. The summed E-state index contributed by atoms with van der Waals surface area (Å²) >= 11 is 12.2. The van der Waals surface area contributed by atoms with Crippen LogP contribution in [-0.4, -0.2) is 112 Å². The second-order valence-electron chi connectivity index (χ2n) is 15.3. The molecule has 4 aliphatic rings. The Kier molecular flexibility index (Phi) is 12.2. The third kappa shape index (κ3) is 8.71.